The van der Waals surface area contributed by atoms with Crippen LogP contribution in [0.25, 0.3) is 0 Å². The molecule has 2 aliphatic heterocycles. The van der Waals surface area contributed by atoms with Crippen LogP contribution < -0.4 is 15.1 Å². The predicted molar refractivity (Wildman–Crippen MR) is 119 cm³/mol. The number of piperazine rings is 1. The second kappa shape index (κ2) is 8.44. The molecule has 0 saturated carbocycles. The van der Waals surface area contributed by atoms with E-state index < -0.39 is 0 Å². The normalized spacial score (nSPS) is 20.0. The maximum Gasteiger partial charge on any atom is 0.229 e. The molecule has 2 saturated heterocycles. The number of rotatable bonds is 4. The van der Waals surface area contributed by atoms with E-state index in [-0.39, 0.29) is 24.2 Å². The van der Waals surface area contributed by atoms with E-state index in [0.29, 0.717) is 12.2 Å². The van der Waals surface area contributed by atoms with Gasteiger partial charge in [0.25, 0.3) is 0 Å². The standard InChI is InChI=1S/C23H29N5O2/c1-16-5-4-6-20(17(16)2)28-15-18(13-22(28)29)23(30)25-19-7-8-21(24-14-19)27-11-9-26(3)10-12-27/h4-8,14,18H,9-13,15H2,1-3H3,(H,25,30)/t18-/m0/s1. The van der Waals surface area contributed by atoms with Gasteiger partial charge in [0.2, 0.25) is 11.8 Å². The highest BCUT2D eigenvalue weighted by atomic mass is 16.2. The van der Waals surface area contributed by atoms with Crippen molar-refractivity contribution in [1.82, 2.24) is 9.88 Å². The number of likely N-dealkylation sites (N-methyl/N-ethyl adjacent to an activating group) is 1. The highest BCUT2D eigenvalue weighted by Gasteiger charge is 2.35. The van der Waals surface area contributed by atoms with Crippen molar-refractivity contribution in [2.75, 3.05) is 54.9 Å². The van der Waals surface area contributed by atoms with Gasteiger partial charge in [0.1, 0.15) is 5.82 Å². The van der Waals surface area contributed by atoms with Crippen molar-refractivity contribution < 1.29 is 9.59 Å². The van der Waals surface area contributed by atoms with Gasteiger partial charge in [0, 0.05) is 44.8 Å². The molecule has 0 unspecified atom stereocenters. The molecule has 1 aromatic carbocycles. The first-order valence-corrected chi connectivity index (χ1v) is 10.5. The molecule has 0 aliphatic carbocycles. The minimum Gasteiger partial charge on any atom is -0.354 e. The zero-order valence-electron chi connectivity index (χ0n) is 17.9. The molecular formula is C23H29N5O2. The summed E-state index contributed by atoms with van der Waals surface area (Å²) >= 11 is 0. The van der Waals surface area contributed by atoms with E-state index in [1.54, 1.807) is 11.1 Å². The zero-order chi connectivity index (χ0) is 21.3. The van der Waals surface area contributed by atoms with Gasteiger partial charge in [-0.05, 0) is 50.2 Å². The highest BCUT2D eigenvalue weighted by molar-refractivity contribution is 6.03. The summed E-state index contributed by atoms with van der Waals surface area (Å²) < 4.78 is 0. The van der Waals surface area contributed by atoms with E-state index in [4.69, 9.17) is 0 Å². The van der Waals surface area contributed by atoms with E-state index in [9.17, 15) is 9.59 Å². The second-order valence-corrected chi connectivity index (χ2v) is 8.31. The number of aromatic nitrogens is 1. The molecule has 1 N–H and O–H groups in total. The van der Waals surface area contributed by atoms with Crippen molar-refractivity contribution in [1.29, 1.82) is 0 Å². The summed E-state index contributed by atoms with van der Waals surface area (Å²) in [4.78, 5) is 36.2. The summed E-state index contributed by atoms with van der Waals surface area (Å²) in [5, 5.41) is 2.93. The first kappa shape index (κ1) is 20.3. The van der Waals surface area contributed by atoms with Crippen LogP contribution in [-0.4, -0.2) is 61.5 Å². The van der Waals surface area contributed by atoms with E-state index in [2.05, 4.69) is 27.1 Å². The Morgan fingerprint density at radius 3 is 2.57 bits per heavy atom. The summed E-state index contributed by atoms with van der Waals surface area (Å²) in [6, 6.07) is 9.76. The maximum absolute atomic E-state index is 12.8. The third-order valence-corrected chi connectivity index (χ3v) is 6.21. The van der Waals surface area contributed by atoms with Crippen LogP contribution in [0, 0.1) is 19.8 Å². The highest BCUT2D eigenvalue weighted by Crippen LogP contribution is 2.30. The number of hydrogen-bond donors (Lipinski definition) is 1. The number of nitrogens with one attached hydrogen (secondary N) is 1. The lowest BCUT2D eigenvalue weighted by molar-refractivity contribution is -0.122. The Balaban J connectivity index is 1.38. The molecule has 7 heteroatoms. The van der Waals surface area contributed by atoms with Crippen LogP contribution in [0.1, 0.15) is 17.5 Å². The van der Waals surface area contributed by atoms with Gasteiger partial charge in [0.15, 0.2) is 0 Å². The Hall–Kier alpha value is -2.93. The fraction of sp³-hybridized carbons (Fsp3) is 0.435. The Morgan fingerprint density at radius 1 is 1.10 bits per heavy atom. The lowest BCUT2D eigenvalue weighted by Gasteiger charge is -2.33. The molecule has 2 amide bonds. The van der Waals surface area contributed by atoms with Gasteiger partial charge in [-0.3, -0.25) is 9.59 Å². The molecule has 158 valence electrons. The van der Waals surface area contributed by atoms with Crippen molar-refractivity contribution in [3.05, 3.63) is 47.7 Å². The lowest BCUT2D eigenvalue weighted by Crippen LogP contribution is -2.44. The average molecular weight is 408 g/mol. The Labute approximate surface area is 177 Å². The molecule has 30 heavy (non-hydrogen) atoms. The smallest absolute Gasteiger partial charge is 0.229 e. The molecule has 2 aliphatic rings. The Morgan fingerprint density at radius 2 is 1.87 bits per heavy atom. The second-order valence-electron chi connectivity index (χ2n) is 8.31. The topological polar surface area (TPSA) is 68.8 Å². The Kier molecular flexibility index (Phi) is 5.72. The maximum atomic E-state index is 12.8. The molecular weight excluding hydrogens is 378 g/mol. The van der Waals surface area contributed by atoms with Crippen molar-refractivity contribution in [2.45, 2.75) is 20.3 Å². The average Bonchev–Trinajstić information content (AvgIpc) is 3.13. The molecule has 7 nitrogen and oxygen atoms in total. The molecule has 2 aromatic rings. The van der Waals surface area contributed by atoms with Crippen LogP contribution in [0.2, 0.25) is 0 Å². The minimum absolute atomic E-state index is 0.00705. The van der Waals surface area contributed by atoms with Crippen molar-refractivity contribution in [3.8, 4) is 0 Å². The van der Waals surface area contributed by atoms with Gasteiger partial charge >= 0.3 is 0 Å². The van der Waals surface area contributed by atoms with Gasteiger partial charge in [-0.25, -0.2) is 4.98 Å². The molecule has 4 rings (SSSR count). The van der Waals surface area contributed by atoms with Crippen molar-refractivity contribution in [2.24, 2.45) is 5.92 Å². The predicted octanol–water partition coefficient (Wildman–Crippen LogP) is 2.44. The van der Waals surface area contributed by atoms with Gasteiger partial charge in [-0.15, -0.1) is 0 Å². The molecule has 1 atom stereocenters. The molecule has 0 bridgehead atoms. The molecule has 1 aromatic heterocycles. The molecule has 2 fully saturated rings. The fourth-order valence-electron chi connectivity index (χ4n) is 4.07. The summed E-state index contributed by atoms with van der Waals surface area (Å²) in [5.74, 6) is 0.422. The van der Waals surface area contributed by atoms with Gasteiger partial charge in [0.05, 0.1) is 17.8 Å². The number of carbonyl (C=O) groups excluding carboxylic acids is 2. The van der Waals surface area contributed by atoms with Gasteiger partial charge < -0.3 is 20.0 Å². The summed E-state index contributed by atoms with van der Waals surface area (Å²) in [6.45, 7) is 8.39. The van der Waals surface area contributed by atoms with Crippen LogP contribution in [0.5, 0.6) is 0 Å². The summed E-state index contributed by atoms with van der Waals surface area (Å²) in [7, 11) is 2.12. The third-order valence-electron chi connectivity index (χ3n) is 6.21. The summed E-state index contributed by atoms with van der Waals surface area (Å²) in [5.41, 5.74) is 3.78. The summed E-state index contributed by atoms with van der Waals surface area (Å²) in [6.07, 6.45) is 1.93. The number of anilines is 3. The SMILES string of the molecule is Cc1cccc(N2C[C@@H](C(=O)Nc3ccc(N4CCN(C)CC4)nc3)CC2=O)c1C. The zero-order valence-corrected chi connectivity index (χ0v) is 17.9. The number of pyridine rings is 1. The van der Waals surface area contributed by atoms with E-state index in [1.807, 2.05) is 44.2 Å². The van der Waals surface area contributed by atoms with E-state index in [0.717, 1.165) is 48.8 Å². The van der Waals surface area contributed by atoms with Crippen LogP contribution in [0.15, 0.2) is 36.5 Å². The van der Waals surface area contributed by atoms with Crippen molar-refractivity contribution in [3.63, 3.8) is 0 Å². The van der Waals surface area contributed by atoms with Gasteiger partial charge in [-0.1, -0.05) is 12.1 Å². The number of nitrogens with zero attached hydrogens (tertiary/aromatic N) is 4. The third kappa shape index (κ3) is 4.16. The van der Waals surface area contributed by atoms with Crippen molar-refractivity contribution >= 4 is 29.0 Å². The van der Waals surface area contributed by atoms with Crippen LogP contribution in [0.3, 0.4) is 0 Å². The lowest BCUT2D eigenvalue weighted by atomic mass is 10.1. The van der Waals surface area contributed by atoms with Crippen LogP contribution >= 0.6 is 0 Å². The van der Waals surface area contributed by atoms with E-state index in [1.165, 1.54) is 0 Å². The molecule has 0 radical (unpaired) electrons. The van der Waals surface area contributed by atoms with E-state index >= 15 is 0 Å². The van der Waals surface area contributed by atoms with Crippen LogP contribution in [-0.2, 0) is 9.59 Å². The number of amides is 2. The monoisotopic (exact) mass is 407 g/mol. The Bertz CT molecular complexity index is 935. The van der Waals surface area contributed by atoms with Crippen LogP contribution in [0.4, 0.5) is 17.2 Å². The first-order chi connectivity index (χ1) is 14.4. The minimum atomic E-state index is -0.366. The number of benzene rings is 1. The number of hydrogen-bond acceptors (Lipinski definition) is 5. The fourth-order valence-corrected chi connectivity index (χ4v) is 4.07. The first-order valence-electron chi connectivity index (χ1n) is 10.5. The largest absolute Gasteiger partial charge is 0.354 e. The number of aryl methyl sites for hydroxylation is 1. The van der Waals surface area contributed by atoms with Gasteiger partial charge in [-0.2, -0.15) is 0 Å². The molecule has 0 spiro atoms. The number of carbonyl (C=O) groups is 2. The molecule has 3 heterocycles. The quantitative estimate of drug-likeness (QED) is 0.843.